The molecule has 0 saturated carbocycles. The number of benzene rings is 1. The fourth-order valence-electron chi connectivity index (χ4n) is 1.86. The van der Waals surface area contributed by atoms with Gasteiger partial charge in [0.2, 0.25) is 0 Å². The van der Waals surface area contributed by atoms with Crippen molar-refractivity contribution in [3.63, 3.8) is 0 Å². The number of amides is 2. The molecule has 0 radical (unpaired) electrons. The van der Waals surface area contributed by atoms with Crippen molar-refractivity contribution in [2.24, 2.45) is 5.73 Å². The molecule has 1 atom stereocenters. The number of nitrogens with zero attached hydrogens (tertiary/aromatic N) is 2. The number of urea groups is 1. The number of nitro groups is 1. The van der Waals surface area contributed by atoms with E-state index < -0.39 is 23.0 Å². The van der Waals surface area contributed by atoms with Crippen LogP contribution < -0.4 is 62.4 Å². The molecular weight excluding hydrogens is 347 g/mol. The van der Waals surface area contributed by atoms with E-state index in [2.05, 4.69) is 5.32 Å². The molecule has 0 aliphatic heterocycles. The molecule has 1 unspecified atom stereocenters. The van der Waals surface area contributed by atoms with E-state index >= 15 is 0 Å². The molecular formula is C13H15KN4O6. The number of carbonyl (C=O) groups is 2. The molecule has 24 heavy (non-hydrogen) atoms. The summed E-state index contributed by atoms with van der Waals surface area (Å²) in [5.74, 6) is -1.31. The second-order valence-corrected chi connectivity index (χ2v) is 4.46. The molecule has 10 nitrogen and oxygen atoms in total. The fourth-order valence-corrected chi connectivity index (χ4v) is 1.86. The monoisotopic (exact) mass is 362 g/mol. The Morgan fingerprint density at radius 1 is 1.46 bits per heavy atom. The number of aliphatic carboxylic acids is 1. The van der Waals surface area contributed by atoms with Crippen molar-refractivity contribution in [2.45, 2.75) is 26.3 Å². The molecule has 0 bridgehead atoms. The maximum absolute atomic E-state index is 11.1. The third kappa shape index (κ3) is 7.77. The van der Waals surface area contributed by atoms with Gasteiger partial charge in [-0.1, -0.05) is 6.07 Å². The Labute approximate surface area is 179 Å². The van der Waals surface area contributed by atoms with Crippen LogP contribution in [0.15, 0.2) is 12.1 Å². The van der Waals surface area contributed by atoms with Crippen LogP contribution >= 0.6 is 0 Å². The zero-order chi connectivity index (χ0) is 18.2. The average Bonchev–Trinajstić information content (AvgIpc) is 2.42. The van der Waals surface area contributed by atoms with Gasteiger partial charge in [0.25, 0.3) is 5.69 Å². The van der Waals surface area contributed by atoms with Crippen LogP contribution in [-0.2, 0) is 16.0 Å². The van der Waals surface area contributed by atoms with Gasteiger partial charge < -0.3 is 21.6 Å². The first-order valence-corrected chi connectivity index (χ1v) is 6.19. The van der Waals surface area contributed by atoms with Crippen LogP contribution in [0.3, 0.4) is 0 Å². The number of hydrogen-bond acceptors (Lipinski definition) is 5. The molecule has 0 fully saturated rings. The van der Waals surface area contributed by atoms with Gasteiger partial charge in [0.1, 0.15) is 6.04 Å². The van der Waals surface area contributed by atoms with Crippen LogP contribution in [0.1, 0.15) is 16.7 Å². The average molecular weight is 362 g/mol. The minimum Gasteiger partial charge on any atom is -0.724 e. The first-order chi connectivity index (χ1) is 10.6. The molecule has 11 heteroatoms. The summed E-state index contributed by atoms with van der Waals surface area (Å²) in [6.07, 6.45) is 0.294. The van der Waals surface area contributed by atoms with E-state index in [-0.39, 0.29) is 69.1 Å². The number of carboxylic acid groups (broad SMARTS) is 1. The molecule has 124 valence electrons. The molecule has 1 aromatic carbocycles. The van der Waals surface area contributed by atoms with Gasteiger partial charge in [-0.25, -0.2) is 9.59 Å². The number of carboxylic acids is 1. The van der Waals surface area contributed by atoms with E-state index in [0.29, 0.717) is 11.6 Å². The molecule has 2 amide bonds. The van der Waals surface area contributed by atoms with Crippen molar-refractivity contribution in [3.05, 3.63) is 44.3 Å². The van der Waals surface area contributed by atoms with E-state index in [1.54, 1.807) is 19.9 Å². The van der Waals surface area contributed by atoms with Crippen molar-refractivity contribution in [2.75, 3.05) is 0 Å². The molecule has 4 N–H and O–H groups in total. The largest absolute Gasteiger partial charge is 1.00 e. The number of aryl methyl sites for hydroxylation is 1. The van der Waals surface area contributed by atoms with Gasteiger partial charge in [0.15, 0.2) is 0 Å². The summed E-state index contributed by atoms with van der Waals surface area (Å²) in [5, 5.41) is 28.9. The van der Waals surface area contributed by atoms with Crippen molar-refractivity contribution >= 4 is 23.8 Å². The number of primary amides is 1. The summed E-state index contributed by atoms with van der Waals surface area (Å²) >= 11 is 0. The second kappa shape index (κ2) is 11.8. The van der Waals surface area contributed by atoms with Crippen molar-refractivity contribution < 1.29 is 75.8 Å². The maximum atomic E-state index is 11.1. The summed E-state index contributed by atoms with van der Waals surface area (Å²) in [6.45, 7) is 3.43. The Bertz CT molecular complexity index is 658. The quantitative estimate of drug-likeness (QED) is 0.176. The molecule has 1 aromatic rings. The van der Waals surface area contributed by atoms with Crippen molar-refractivity contribution in [3.8, 4) is 0 Å². The topological polar surface area (TPSA) is 175 Å². The van der Waals surface area contributed by atoms with Crippen LogP contribution in [0, 0.1) is 24.0 Å². The standard InChI is InChI=1S/C12H15N3O5.CNO.K/c1-6-3-4-10(15(19)20)8(7(6)2)5-9(11(16)17)14-12(13)18;2-1-3;/h3-4,9H,5H2,1-2H3,(H,16,17)(H3,13,14,18);;/q;-1;+1. The Morgan fingerprint density at radius 2 is 1.96 bits per heavy atom. The summed E-state index contributed by atoms with van der Waals surface area (Å²) in [6, 6.07) is 0.604. The van der Waals surface area contributed by atoms with E-state index in [1.807, 2.05) is 0 Å². The second-order valence-electron chi connectivity index (χ2n) is 4.46. The molecule has 0 aliphatic rings. The summed E-state index contributed by atoms with van der Waals surface area (Å²) < 4.78 is 0. The van der Waals surface area contributed by atoms with Gasteiger partial charge >= 0.3 is 63.4 Å². The third-order valence-electron chi connectivity index (χ3n) is 3.06. The van der Waals surface area contributed by atoms with E-state index in [1.165, 1.54) is 6.07 Å². The maximum Gasteiger partial charge on any atom is 1.00 e. The van der Waals surface area contributed by atoms with Gasteiger partial charge in [-0.3, -0.25) is 14.9 Å². The number of nitrogens with one attached hydrogen (secondary N) is 1. The van der Waals surface area contributed by atoms with Crippen molar-refractivity contribution in [1.82, 2.24) is 5.32 Å². The Kier molecular flexibility index (Phi) is 12.2. The molecule has 0 aromatic heterocycles. The third-order valence-corrected chi connectivity index (χ3v) is 3.06. The number of nitrogens with two attached hydrogens (primary N) is 1. The Balaban J connectivity index is 0. The minimum absolute atomic E-state index is 0. The van der Waals surface area contributed by atoms with Gasteiger partial charge in [-0.15, -0.1) is 0 Å². The number of rotatable bonds is 5. The zero-order valence-corrected chi connectivity index (χ0v) is 16.5. The zero-order valence-electron chi connectivity index (χ0n) is 13.4. The van der Waals surface area contributed by atoms with Crippen molar-refractivity contribution in [1.29, 1.82) is 0 Å². The molecule has 0 saturated heterocycles. The Hall–Kier alpha value is -1.62. The summed E-state index contributed by atoms with van der Waals surface area (Å²) in [5.41, 5.74) is 6.42. The Morgan fingerprint density at radius 3 is 2.33 bits per heavy atom. The molecule has 0 spiro atoms. The SMILES string of the molecule is Cc1ccc([N+](=O)[O-])c(CC(NC(N)=O)C(=O)O)c1C.[K+].[N-]=C=O. The van der Waals surface area contributed by atoms with Gasteiger partial charge in [0.05, 0.1) is 4.92 Å². The van der Waals surface area contributed by atoms with Crippen LogP contribution in [-0.4, -0.2) is 34.2 Å². The fraction of sp³-hybridized carbons (Fsp3) is 0.308. The van der Waals surface area contributed by atoms with Crippen LogP contribution in [0.4, 0.5) is 10.5 Å². The van der Waals surface area contributed by atoms with Crippen LogP contribution in [0.25, 0.3) is 5.41 Å². The number of nitro benzene ring substituents is 1. The van der Waals surface area contributed by atoms with Crippen LogP contribution in [0.2, 0.25) is 0 Å². The predicted octanol–water partition coefficient (Wildman–Crippen LogP) is -2.23. The number of hydrogen-bond donors (Lipinski definition) is 3. The van der Waals surface area contributed by atoms with E-state index in [0.717, 1.165) is 5.56 Å². The van der Waals surface area contributed by atoms with Gasteiger partial charge in [0, 0.05) is 18.1 Å². The van der Waals surface area contributed by atoms with E-state index in [4.69, 9.17) is 21.0 Å². The van der Waals surface area contributed by atoms with Crippen LogP contribution in [0.5, 0.6) is 0 Å². The smallest absolute Gasteiger partial charge is 0.724 e. The minimum atomic E-state index is -1.31. The molecule has 0 aliphatic carbocycles. The predicted molar refractivity (Wildman–Crippen MR) is 79.5 cm³/mol. The first-order valence-electron chi connectivity index (χ1n) is 6.19. The summed E-state index contributed by atoms with van der Waals surface area (Å²) in [4.78, 5) is 40.5. The number of carbonyl (C=O) groups excluding carboxylic acids is 2. The molecule has 0 heterocycles. The first kappa shape index (κ1) is 24.6. The normalized spacial score (nSPS) is 10.1. The summed E-state index contributed by atoms with van der Waals surface area (Å²) in [7, 11) is 0. The number of isocyanates is 1. The van der Waals surface area contributed by atoms with Gasteiger partial charge in [-0.05, 0) is 31.1 Å². The van der Waals surface area contributed by atoms with E-state index in [9.17, 15) is 19.7 Å². The van der Waals surface area contributed by atoms with Gasteiger partial charge in [-0.2, -0.15) is 0 Å². The molecule has 1 rings (SSSR count).